The molecule has 0 aliphatic carbocycles. The minimum Gasteiger partial charge on any atom is -0.465 e. The SMILES string of the molecule is CC(C)(C)C(NC(=O)O)C12CNCC1CCOC2. The maximum atomic E-state index is 11.1. The minimum absolute atomic E-state index is 0.0946. The van der Waals surface area contributed by atoms with Gasteiger partial charge in [0.25, 0.3) is 0 Å². The van der Waals surface area contributed by atoms with E-state index in [9.17, 15) is 4.79 Å². The van der Waals surface area contributed by atoms with E-state index in [1.54, 1.807) is 0 Å². The molecule has 1 amide bonds. The Morgan fingerprint density at radius 1 is 1.56 bits per heavy atom. The molecular weight excluding hydrogens is 232 g/mol. The molecule has 0 bridgehead atoms. The highest BCUT2D eigenvalue weighted by atomic mass is 16.5. The van der Waals surface area contributed by atoms with Crippen molar-refractivity contribution < 1.29 is 14.6 Å². The van der Waals surface area contributed by atoms with Crippen LogP contribution in [0, 0.1) is 16.7 Å². The van der Waals surface area contributed by atoms with Crippen LogP contribution < -0.4 is 10.6 Å². The van der Waals surface area contributed by atoms with Crippen molar-refractivity contribution in [2.24, 2.45) is 16.7 Å². The normalized spacial score (nSPS) is 33.8. The van der Waals surface area contributed by atoms with Crippen LogP contribution in [0.3, 0.4) is 0 Å². The number of fused-ring (bicyclic) bond motifs is 1. The number of hydrogen-bond acceptors (Lipinski definition) is 3. The second-order valence-electron chi connectivity index (χ2n) is 6.65. The van der Waals surface area contributed by atoms with Gasteiger partial charge in [0.2, 0.25) is 0 Å². The zero-order valence-corrected chi connectivity index (χ0v) is 11.5. The molecule has 18 heavy (non-hydrogen) atoms. The van der Waals surface area contributed by atoms with Crippen LogP contribution in [0.15, 0.2) is 0 Å². The van der Waals surface area contributed by atoms with Gasteiger partial charge in [0.1, 0.15) is 0 Å². The Morgan fingerprint density at radius 2 is 2.28 bits per heavy atom. The maximum absolute atomic E-state index is 11.1. The number of carbonyl (C=O) groups is 1. The van der Waals surface area contributed by atoms with Gasteiger partial charge in [-0.2, -0.15) is 0 Å². The Hall–Kier alpha value is -0.810. The molecule has 3 atom stereocenters. The number of nitrogens with one attached hydrogen (secondary N) is 2. The van der Waals surface area contributed by atoms with E-state index in [1.165, 1.54) is 0 Å². The molecule has 0 spiro atoms. The van der Waals surface area contributed by atoms with Crippen LogP contribution in [-0.2, 0) is 4.74 Å². The summed E-state index contributed by atoms with van der Waals surface area (Å²) in [6.45, 7) is 9.51. The fourth-order valence-electron chi connectivity index (χ4n) is 3.64. The fraction of sp³-hybridized carbons (Fsp3) is 0.923. The van der Waals surface area contributed by atoms with Gasteiger partial charge in [-0.3, -0.25) is 0 Å². The van der Waals surface area contributed by atoms with Gasteiger partial charge in [-0.15, -0.1) is 0 Å². The van der Waals surface area contributed by atoms with Crippen molar-refractivity contribution in [1.82, 2.24) is 10.6 Å². The molecule has 0 aromatic heterocycles. The van der Waals surface area contributed by atoms with Crippen molar-refractivity contribution in [3.63, 3.8) is 0 Å². The first-order valence-electron chi connectivity index (χ1n) is 6.64. The van der Waals surface area contributed by atoms with Crippen LogP contribution in [0.1, 0.15) is 27.2 Å². The maximum Gasteiger partial charge on any atom is 0.404 e. The predicted molar refractivity (Wildman–Crippen MR) is 68.6 cm³/mol. The third-order valence-corrected chi connectivity index (χ3v) is 4.35. The van der Waals surface area contributed by atoms with Crippen molar-refractivity contribution in [3.05, 3.63) is 0 Å². The van der Waals surface area contributed by atoms with Crippen molar-refractivity contribution in [2.45, 2.75) is 33.2 Å². The van der Waals surface area contributed by atoms with Crippen molar-refractivity contribution in [3.8, 4) is 0 Å². The summed E-state index contributed by atoms with van der Waals surface area (Å²) < 4.78 is 5.67. The summed E-state index contributed by atoms with van der Waals surface area (Å²) in [6, 6.07) is -0.0946. The second kappa shape index (κ2) is 4.70. The number of ether oxygens (including phenoxy) is 1. The number of carboxylic acid groups (broad SMARTS) is 1. The lowest BCUT2D eigenvalue weighted by Crippen LogP contribution is -2.61. The van der Waals surface area contributed by atoms with Crippen molar-refractivity contribution in [1.29, 1.82) is 0 Å². The van der Waals surface area contributed by atoms with Crippen LogP contribution in [0.4, 0.5) is 4.79 Å². The fourth-order valence-corrected chi connectivity index (χ4v) is 3.64. The Kier molecular flexibility index (Phi) is 3.56. The molecule has 2 rings (SSSR count). The van der Waals surface area contributed by atoms with Gasteiger partial charge in [-0.25, -0.2) is 4.79 Å². The van der Waals surface area contributed by atoms with Gasteiger partial charge in [0.05, 0.1) is 6.61 Å². The molecule has 3 unspecified atom stereocenters. The predicted octanol–water partition coefficient (Wildman–Crippen LogP) is 1.29. The summed E-state index contributed by atoms with van der Waals surface area (Å²) in [6.07, 6.45) is 0.0708. The molecule has 0 saturated carbocycles. The first-order valence-corrected chi connectivity index (χ1v) is 6.64. The van der Waals surface area contributed by atoms with Gasteiger partial charge in [0.15, 0.2) is 0 Å². The molecule has 0 aromatic rings. The van der Waals surface area contributed by atoms with E-state index in [1.807, 2.05) is 0 Å². The number of rotatable bonds is 2. The average molecular weight is 256 g/mol. The summed E-state index contributed by atoms with van der Waals surface area (Å²) in [4.78, 5) is 11.1. The van der Waals surface area contributed by atoms with E-state index in [0.717, 1.165) is 26.1 Å². The van der Waals surface area contributed by atoms with E-state index in [4.69, 9.17) is 9.84 Å². The van der Waals surface area contributed by atoms with E-state index in [-0.39, 0.29) is 16.9 Å². The molecule has 2 fully saturated rings. The smallest absolute Gasteiger partial charge is 0.404 e. The van der Waals surface area contributed by atoms with Crippen LogP contribution >= 0.6 is 0 Å². The third kappa shape index (κ3) is 2.34. The first kappa shape index (κ1) is 13.6. The van der Waals surface area contributed by atoms with E-state index in [2.05, 4.69) is 31.4 Å². The van der Waals surface area contributed by atoms with Crippen LogP contribution in [0.2, 0.25) is 0 Å². The Morgan fingerprint density at radius 3 is 2.89 bits per heavy atom. The first-order chi connectivity index (χ1) is 8.36. The molecule has 2 saturated heterocycles. The molecule has 3 N–H and O–H groups in total. The Bertz CT molecular complexity index is 327. The quantitative estimate of drug-likeness (QED) is 0.696. The molecule has 104 valence electrons. The second-order valence-corrected chi connectivity index (χ2v) is 6.65. The highest BCUT2D eigenvalue weighted by molar-refractivity contribution is 5.65. The van der Waals surface area contributed by atoms with Gasteiger partial charge in [-0.1, -0.05) is 20.8 Å². The van der Waals surface area contributed by atoms with Crippen molar-refractivity contribution >= 4 is 6.09 Å². The van der Waals surface area contributed by atoms with E-state index >= 15 is 0 Å². The monoisotopic (exact) mass is 256 g/mol. The van der Waals surface area contributed by atoms with E-state index < -0.39 is 6.09 Å². The summed E-state index contributed by atoms with van der Waals surface area (Å²) in [5, 5.41) is 15.3. The van der Waals surface area contributed by atoms with Gasteiger partial charge >= 0.3 is 6.09 Å². The van der Waals surface area contributed by atoms with Gasteiger partial charge in [-0.05, 0) is 24.3 Å². The summed E-state index contributed by atoms with van der Waals surface area (Å²) >= 11 is 0. The third-order valence-electron chi connectivity index (χ3n) is 4.35. The van der Waals surface area contributed by atoms with Gasteiger partial charge < -0.3 is 20.5 Å². The highest BCUT2D eigenvalue weighted by Crippen LogP contribution is 2.45. The summed E-state index contributed by atoms with van der Waals surface area (Å²) in [5.74, 6) is 0.502. The molecule has 2 aliphatic rings. The highest BCUT2D eigenvalue weighted by Gasteiger charge is 2.54. The summed E-state index contributed by atoms with van der Waals surface area (Å²) in [5.41, 5.74) is -0.224. The molecular formula is C13H24N2O3. The number of amides is 1. The van der Waals surface area contributed by atoms with Gasteiger partial charge in [0, 0.05) is 24.6 Å². The van der Waals surface area contributed by atoms with Crippen LogP contribution in [0.5, 0.6) is 0 Å². The zero-order valence-electron chi connectivity index (χ0n) is 11.5. The minimum atomic E-state index is -0.944. The molecule has 0 aromatic carbocycles. The lowest BCUT2D eigenvalue weighted by Gasteiger charge is -2.49. The van der Waals surface area contributed by atoms with Crippen LogP contribution in [-0.4, -0.2) is 43.5 Å². The molecule has 2 heterocycles. The molecule has 0 radical (unpaired) electrons. The van der Waals surface area contributed by atoms with E-state index in [0.29, 0.717) is 12.5 Å². The van der Waals surface area contributed by atoms with Crippen molar-refractivity contribution in [2.75, 3.05) is 26.3 Å². The Balaban J connectivity index is 2.30. The zero-order chi connectivity index (χ0) is 13.4. The lowest BCUT2D eigenvalue weighted by atomic mass is 9.63. The molecule has 2 aliphatic heterocycles. The Labute approximate surface area is 108 Å². The summed E-state index contributed by atoms with van der Waals surface area (Å²) in [7, 11) is 0. The van der Waals surface area contributed by atoms with Crippen LogP contribution in [0.25, 0.3) is 0 Å². The molecule has 5 heteroatoms. The standard InChI is InChI=1S/C13H24N2O3/c1-12(2,3)10(15-11(16)17)13-7-14-6-9(13)4-5-18-8-13/h9-10,14-15H,4-8H2,1-3H3,(H,16,17). The topological polar surface area (TPSA) is 70.6 Å². The average Bonchev–Trinajstić information content (AvgIpc) is 2.68. The largest absolute Gasteiger partial charge is 0.465 e. The number of hydrogen-bond donors (Lipinski definition) is 3. The molecule has 5 nitrogen and oxygen atoms in total. The lowest BCUT2D eigenvalue weighted by molar-refractivity contribution is -0.0675.